The first-order chi connectivity index (χ1) is 13.1. The molecule has 1 aliphatic rings. The maximum absolute atomic E-state index is 13.0. The van der Waals surface area contributed by atoms with Gasteiger partial charge in [-0.05, 0) is 74.6 Å². The summed E-state index contributed by atoms with van der Waals surface area (Å²) >= 11 is 3.47. The van der Waals surface area contributed by atoms with E-state index in [-0.39, 0.29) is 11.9 Å². The zero-order valence-electron chi connectivity index (χ0n) is 15.2. The van der Waals surface area contributed by atoms with Crippen LogP contribution in [0.25, 0.3) is 5.69 Å². The summed E-state index contributed by atoms with van der Waals surface area (Å²) in [6.07, 6.45) is 7.55. The lowest BCUT2D eigenvalue weighted by Gasteiger charge is -2.15. The zero-order valence-corrected chi connectivity index (χ0v) is 16.7. The first-order valence-corrected chi connectivity index (χ1v) is 10.0. The molecule has 0 unspecified atom stereocenters. The van der Waals surface area contributed by atoms with Crippen LogP contribution in [0.1, 0.15) is 53.1 Å². The van der Waals surface area contributed by atoms with Crippen LogP contribution >= 0.6 is 15.9 Å². The highest BCUT2D eigenvalue weighted by atomic mass is 79.9. The summed E-state index contributed by atoms with van der Waals surface area (Å²) in [5.41, 5.74) is 4.81. The highest BCUT2D eigenvalue weighted by Gasteiger charge is 2.26. The van der Waals surface area contributed by atoms with Crippen LogP contribution in [0.2, 0.25) is 0 Å². The number of rotatable bonds is 4. The first kappa shape index (κ1) is 17.9. The lowest BCUT2D eigenvalue weighted by Crippen LogP contribution is -2.28. The van der Waals surface area contributed by atoms with Crippen LogP contribution in [0.4, 0.5) is 0 Å². The molecule has 0 bridgehead atoms. The third kappa shape index (κ3) is 3.67. The van der Waals surface area contributed by atoms with Crippen molar-refractivity contribution in [3.63, 3.8) is 0 Å². The molecule has 1 atom stereocenters. The molecule has 1 aromatic carbocycles. The molecule has 0 saturated carbocycles. The predicted molar refractivity (Wildman–Crippen MR) is 108 cm³/mol. The van der Waals surface area contributed by atoms with Gasteiger partial charge in [-0.15, -0.1) is 0 Å². The molecule has 2 aromatic heterocycles. The molecule has 27 heavy (non-hydrogen) atoms. The molecule has 3 aromatic rings. The Bertz CT molecular complexity index is 950. The molecule has 0 spiro atoms. The number of nitrogens with one attached hydrogen (secondary N) is 1. The number of pyridine rings is 1. The Morgan fingerprint density at radius 3 is 2.56 bits per heavy atom. The van der Waals surface area contributed by atoms with E-state index in [1.54, 1.807) is 12.4 Å². The molecule has 1 amide bonds. The second-order valence-corrected chi connectivity index (χ2v) is 7.76. The van der Waals surface area contributed by atoms with E-state index in [4.69, 9.17) is 5.10 Å². The summed E-state index contributed by atoms with van der Waals surface area (Å²) in [7, 11) is 0. The van der Waals surface area contributed by atoms with Crippen molar-refractivity contribution in [2.45, 2.75) is 38.6 Å². The van der Waals surface area contributed by atoms with Gasteiger partial charge in [-0.3, -0.25) is 9.78 Å². The van der Waals surface area contributed by atoms with Gasteiger partial charge in [-0.2, -0.15) is 5.10 Å². The molecule has 6 heteroatoms. The largest absolute Gasteiger partial charge is 0.344 e. The van der Waals surface area contributed by atoms with Gasteiger partial charge in [0.2, 0.25) is 0 Å². The summed E-state index contributed by atoms with van der Waals surface area (Å²) < 4.78 is 2.96. The quantitative estimate of drug-likeness (QED) is 0.674. The Labute approximate surface area is 167 Å². The normalized spacial score (nSPS) is 14.4. The Morgan fingerprint density at radius 1 is 1.11 bits per heavy atom. The summed E-state index contributed by atoms with van der Waals surface area (Å²) in [4.78, 5) is 17.0. The number of amides is 1. The molecular formula is C21H21BrN4O. The van der Waals surface area contributed by atoms with Crippen molar-refractivity contribution in [2.24, 2.45) is 0 Å². The zero-order chi connectivity index (χ0) is 18.8. The van der Waals surface area contributed by atoms with Crippen molar-refractivity contribution in [1.29, 1.82) is 0 Å². The molecule has 0 saturated heterocycles. The van der Waals surface area contributed by atoms with Gasteiger partial charge in [0.15, 0.2) is 5.69 Å². The number of hydrogen-bond acceptors (Lipinski definition) is 3. The fourth-order valence-corrected chi connectivity index (χ4v) is 3.84. The van der Waals surface area contributed by atoms with Gasteiger partial charge < -0.3 is 5.32 Å². The van der Waals surface area contributed by atoms with Gasteiger partial charge in [0.05, 0.1) is 11.7 Å². The summed E-state index contributed by atoms with van der Waals surface area (Å²) in [6, 6.07) is 11.8. The molecule has 0 radical (unpaired) electrons. The van der Waals surface area contributed by atoms with Crippen molar-refractivity contribution < 1.29 is 4.79 Å². The molecule has 0 fully saturated rings. The number of benzene rings is 1. The number of hydrogen-bond donors (Lipinski definition) is 1. The van der Waals surface area contributed by atoms with E-state index in [9.17, 15) is 4.79 Å². The lowest BCUT2D eigenvalue weighted by atomic mass is 9.95. The van der Waals surface area contributed by atoms with Gasteiger partial charge in [0.1, 0.15) is 0 Å². The van der Waals surface area contributed by atoms with Gasteiger partial charge in [-0.1, -0.05) is 15.9 Å². The lowest BCUT2D eigenvalue weighted by molar-refractivity contribution is 0.0933. The molecule has 4 rings (SSSR count). The third-order valence-corrected chi connectivity index (χ3v) is 5.55. The minimum Gasteiger partial charge on any atom is -0.344 e. The monoisotopic (exact) mass is 424 g/mol. The number of carbonyl (C=O) groups excluding carboxylic acids is 1. The van der Waals surface area contributed by atoms with Crippen molar-refractivity contribution in [2.75, 3.05) is 0 Å². The maximum Gasteiger partial charge on any atom is 0.272 e. The van der Waals surface area contributed by atoms with Crippen LogP contribution in [0, 0.1) is 0 Å². The van der Waals surface area contributed by atoms with E-state index in [1.165, 1.54) is 0 Å². The molecule has 1 N–H and O–H groups in total. The van der Waals surface area contributed by atoms with Crippen molar-refractivity contribution in [3.8, 4) is 5.69 Å². The predicted octanol–water partition coefficient (Wildman–Crippen LogP) is 4.40. The topological polar surface area (TPSA) is 59.8 Å². The Balaban J connectivity index is 1.66. The SMILES string of the molecule is C[C@@H](NC(=O)c1nn(-c2ccc(Br)cc2)c2c1CCCC2)c1ccncc1. The molecule has 138 valence electrons. The molecule has 5 nitrogen and oxygen atoms in total. The molecule has 1 aliphatic carbocycles. The average molecular weight is 425 g/mol. The van der Waals surface area contributed by atoms with Crippen molar-refractivity contribution in [3.05, 3.63) is 75.8 Å². The van der Waals surface area contributed by atoms with E-state index in [0.29, 0.717) is 5.69 Å². The van der Waals surface area contributed by atoms with E-state index >= 15 is 0 Å². The average Bonchev–Trinajstić information content (AvgIpc) is 3.09. The number of aromatic nitrogens is 3. The fourth-order valence-electron chi connectivity index (χ4n) is 3.58. The van der Waals surface area contributed by atoms with Crippen LogP contribution in [-0.4, -0.2) is 20.7 Å². The third-order valence-electron chi connectivity index (χ3n) is 5.02. The highest BCUT2D eigenvalue weighted by molar-refractivity contribution is 9.10. The Morgan fingerprint density at radius 2 is 1.81 bits per heavy atom. The Hall–Kier alpha value is -2.47. The standard InChI is InChI=1S/C21H21BrN4O/c1-14(15-10-12-23-13-11-15)24-21(27)20-18-4-2-3-5-19(18)26(25-20)17-8-6-16(22)7-9-17/h6-14H,2-5H2,1H3,(H,24,27)/t14-/m1/s1. The minimum atomic E-state index is -0.117. The smallest absolute Gasteiger partial charge is 0.272 e. The van der Waals surface area contributed by atoms with Gasteiger partial charge in [-0.25, -0.2) is 4.68 Å². The second-order valence-electron chi connectivity index (χ2n) is 6.84. The van der Waals surface area contributed by atoms with E-state index < -0.39 is 0 Å². The molecular weight excluding hydrogens is 404 g/mol. The number of fused-ring (bicyclic) bond motifs is 1. The second kappa shape index (κ2) is 7.64. The van der Waals surface area contributed by atoms with Crippen LogP contribution in [0.5, 0.6) is 0 Å². The van der Waals surface area contributed by atoms with Crippen LogP contribution in [-0.2, 0) is 12.8 Å². The number of nitrogens with zero attached hydrogens (tertiary/aromatic N) is 3. The summed E-state index contributed by atoms with van der Waals surface area (Å²) in [6.45, 7) is 1.98. The van der Waals surface area contributed by atoms with Crippen molar-refractivity contribution >= 4 is 21.8 Å². The van der Waals surface area contributed by atoms with E-state index in [2.05, 4.69) is 26.2 Å². The maximum atomic E-state index is 13.0. The van der Waals surface area contributed by atoms with E-state index in [1.807, 2.05) is 48.0 Å². The fraction of sp³-hybridized carbons (Fsp3) is 0.286. The van der Waals surface area contributed by atoms with E-state index in [0.717, 1.165) is 52.7 Å². The number of halogens is 1. The molecule has 2 heterocycles. The van der Waals surface area contributed by atoms with Crippen LogP contribution in [0.3, 0.4) is 0 Å². The molecule has 0 aliphatic heterocycles. The highest BCUT2D eigenvalue weighted by Crippen LogP contribution is 2.28. The van der Waals surface area contributed by atoms with Gasteiger partial charge >= 0.3 is 0 Å². The Kier molecular flexibility index (Phi) is 5.07. The first-order valence-electron chi connectivity index (χ1n) is 9.21. The number of carbonyl (C=O) groups is 1. The van der Waals surface area contributed by atoms with Crippen LogP contribution in [0.15, 0.2) is 53.3 Å². The summed E-state index contributed by atoms with van der Waals surface area (Å²) in [5, 5.41) is 7.80. The van der Waals surface area contributed by atoms with Crippen LogP contribution < -0.4 is 5.32 Å². The van der Waals surface area contributed by atoms with Gasteiger partial charge in [0, 0.05) is 28.1 Å². The summed E-state index contributed by atoms with van der Waals surface area (Å²) in [5.74, 6) is -0.117. The van der Waals surface area contributed by atoms with Crippen molar-refractivity contribution in [1.82, 2.24) is 20.1 Å². The minimum absolute atomic E-state index is 0.0995. The van der Waals surface area contributed by atoms with Gasteiger partial charge in [0.25, 0.3) is 5.91 Å².